The average Bonchev–Trinajstić information content (AvgIpc) is 2.72. The van der Waals surface area contributed by atoms with Crippen molar-refractivity contribution in [2.24, 2.45) is 0 Å². The molecule has 28 heavy (non-hydrogen) atoms. The molecule has 144 valence electrons. The van der Waals surface area contributed by atoms with Crippen LogP contribution in [0, 0.1) is 0 Å². The van der Waals surface area contributed by atoms with Gasteiger partial charge in [-0.25, -0.2) is 4.79 Å². The fourth-order valence-electron chi connectivity index (χ4n) is 3.56. The zero-order valence-corrected chi connectivity index (χ0v) is 16.0. The third-order valence-electron chi connectivity index (χ3n) is 5.28. The molecule has 5 heteroatoms. The van der Waals surface area contributed by atoms with Crippen molar-refractivity contribution in [3.63, 3.8) is 0 Å². The van der Waals surface area contributed by atoms with Crippen molar-refractivity contribution in [3.8, 4) is 5.75 Å². The molecular formula is C23H24N2O3. The summed E-state index contributed by atoms with van der Waals surface area (Å²) in [5.41, 5.74) is 2.48. The van der Waals surface area contributed by atoms with E-state index in [1.54, 1.807) is 24.3 Å². The highest BCUT2D eigenvalue weighted by molar-refractivity contribution is 5.95. The molecule has 0 amide bonds. The third-order valence-corrected chi connectivity index (χ3v) is 5.28. The lowest BCUT2D eigenvalue weighted by molar-refractivity contribution is 0.0697. The predicted octanol–water partition coefficient (Wildman–Crippen LogP) is 3.87. The molecule has 0 aliphatic carbocycles. The van der Waals surface area contributed by atoms with Crippen LogP contribution in [0.1, 0.15) is 15.9 Å². The molecule has 0 aromatic heterocycles. The van der Waals surface area contributed by atoms with E-state index in [4.69, 9.17) is 9.84 Å². The summed E-state index contributed by atoms with van der Waals surface area (Å²) in [6, 6.07) is 19.4. The molecule has 3 aromatic carbocycles. The summed E-state index contributed by atoms with van der Waals surface area (Å²) in [4.78, 5) is 15.8. The van der Waals surface area contributed by atoms with Crippen molar-refractivity contribution in [1.82, 2.24) is 4.90 Å². The van der Waals surface area contributed by atoms with Crippen LogP contribution < -0.4 is 9.64 Å². The Labute approximate surface area is 164 Å². The van der Waals surface area contributed by atoms with Crippen LogP contribution in [0.4, 0.5) is 5.69 Å². The number of fused-ring (bicyclic) bond motifs is 1. The Hall–Kier alpha value is -3.05. The van der Waals surface area contributed by atoms with Crippen LogP contribution >= 0.6 is 0 Å². The van der Waals surface area contributed by atoms with Crippen LogP contribution in [0.25, 0.3) is 10.8 Å². The number of ether oxygens (including phenoxy) is 1. The highest BCUT2D eigenvalue weighted by Crippen LogP contribution is 2.31. The number of carbonyl (C=O) groups is 1. The number of hydrogen-bond acceptors (Lipinski definition) is 4. The van der Waals surface area contributed by atoms with Gasteiger partial charge in [-0.1, -0.05) is 30.3 Å². The van der Waals surface area contributed by atoms with E-state index in [0.717, 1.165) is 37.5 Å². The average molecular weight is 376 g/mol. The number of carboxylic acids is 1. The smallest absolute Gasteiger partial charge is 0.335 e. The topological polar surface area (TPSA) is 53.0 Å². The fourth-order valence-corrected chi connectivity index (χ4v) is 3.56. The minimum Gasteiger partial charge on any atom is -0.489 e. The molecule has 1 saturated heterocycles. The molecule has 1 fully saturated rings. The molecule has 0 atom stereocenters. The van der Waals surface area contributed by atoms with Gasteiger partial charge in [-0.15, -0.1) is 0 Å². The van der Waals surface area contributed by atoms with Gasteiger partial charge in [-0.2, -0.15) is 0 Å². The normalized spacial score (nSPS) is 15.0. The second-order valence-corrected chi connectivity index (χ2v) is 7.24. The van der Waals surface area contributed by atoms with Gasteiger partial charge in [0.1, 0.15) is 12.4 Å². The van der Waals surface area contributed by atoms with Crippen molar-refractivity contribution < 1.29 is 14.6 Å². The second-order valence-electron chi connectivity index (χ2n) is 7.24. The van der Waals surface area contributed by atoms with Crippen LogP contribution in [-0.2, 0) is 6.61 Å². The Morgan fingerprint density at radius 2 is 1.75 bits per heavy atom. The lowest BCUT2D eigenvalue weighted by atomic mass is 10.1. The number of anilines is 1. The number of likely N-dealkylation sites (N-methyl/N-ethyl adjacent to an activating group) is 1. The van der Waals surface area contributed by atoms with Crippen molar-refractivity contribution in [2.75, 3.05) is 38.1 Å². The van der Waals surface area contributed by atoms with Gasteiger partial charge < -0.3 is 19.6 Å². The summed E-state index contributed by atoms with van der Waals surface area (Å²) in [5, 5.41) is 11.4. The van der Waals surface area contributed by atoms with E-state index in [1.165, 1.54) is 16.5 Å². The highest BCUT2D eigenvalue weighted by Gasteiger charge is 2.16. The summed E-state index contributed by atoms with van der Waals surface area (Å²) < 4.78 is 5.99. The molecular weight excluding hydrogens is 352 g/mol. The first-order valence-electron chi connectivity index (χ1n) is 9.51. The zero-order chi connectivity index (χ0) is 19.5. The summed E-state index contributed by atoms with van der Waals surface area (Å²) in [6.07, 6.45) is 0. The van der Waals surface area contributed by atoms with Crippen molar-refractivity contribution in [2.45, 2.75) is 6.61 Å². The van der Waals surface area contributed by atoms with Crippen molar-refractivity contribution in [1.29, 1.82) is 0 Å². The number of piperazine rings is 1. The summed E-state index contributed by atoms with van der Waals surface area (Å²) in [7, 11) is 2.16. The molecule has 0 unspecified atom stereocenters. The van der Waals surface area contributed by atoms with Gasteiger partial charge in [0.05, 0.1) is 5.56 Å². The van der Waals surface area contributed by atoms with Crippen LogP contribution in [0.2, 0.25) is 0 Å². The lowest BCUT2D eigenvalue weighted by Crippen LogP contribution is -2.44. The standard InChI is InChI=1S/C23H24N2O3/c1-24-11-13-25(14-12-24)22-4-2-3-18-9-10-20(15-21(18)22)28-16-17-5-7-19(8-6-17)23(26)27/h2-10,15H,11-14,16H2,1H3,(H,26,27). The SMILES string of the molecule is CN1CCN(c2cccc3ccc(OCc4ccc(C(=O)O)cc4)cc23)CC1. The molecule has 3 aromatic rings. The number of aromatic carboxylic acids is 1. The number of hydrogen-bond donors (Lipinski definition) is 1. The van der Waals surface area contributed by atoms with Gasteiger partial charge in [0.2, 0.25) is 0 Å². The molecule has 0 bridgehead atoms. The maximum Gasteiger partial charge on any atom is 0.335 e. The molecule has 5 nitrogen and oxygen atoms in total. The number of carboxylic acid groups (broad SMARTS) is 1. The number of benzene rings is 3. The van der Waals surface area contributed by atoms with Crippen LogP contribution in [0.3, 0.4) is 0 Å². The Balaban J connectivity index is 1.53. The largest absolute Gasteiger partial charge is 0.489 e. The Kier molecular flexibility index (Phi) is 5.17. The Morgan fingerprint density at radius 1 is 1.00 bits per heavy atom. The number of rotatable bonds is 5. The highest BCUT2D eigenvalue weighted by atomic mass is 16.5. The Bertz CT molecular complexity index is 977. The fraction of sp³-hybridized carbons (Fsp3) is 0.261. The van der Waals surface area contributed by atoms with Gasteiger partial charge >= 0.3 is 5.97 Å². The molecule has 4 rings (SSSR count). The Morgan fingerprint density at radius 3 is 2.46 bits per heavy atom. The summed E-state index contributed by atoms with van der Waals surface area (Å²) >= 11 is 0. The molecule has 0 saturated carbocycles. The summed E-state index contributed by atoms with van der Waals surface area (Å²) in [5.74, 6) is -0.102. The predicted molar refractivity (Wildman–Crippen MR) is 111 cm³/mol. The quantitative estimate of drug-likeness (QED) is 0.733. The van der Waals surface area contributed by atoms with E-state index in [2.05, 4.69) is 47.2 Å². The van der Waals surface area contributed by atoms with E-state index in [1.807, 2.05) is 6.07 Å². The summed E-state index contributed by atoms with van der Waals surface area (Å²) in [6.45, 7) is 4.59. The van der Waals surface area contributed by atoms with Crippen LogP contribution in [0.15, 0.2) is 60.7 Å². The van der Waals surface area contributed by atoms with Crippen molar-refractivity contribution >= 4 is 22.4 Å². The first-order chi connectivity index (χ1) is 13.6. The third kappa shape index (κ3) is 3.94. The maximum atomic E-state index is 11.0. The van der Waals surface area contributed by atoms with Gasteiger partial charge in [-0.3, -0.25) is 0 Å². The van der Waals surface area contributed by atoms with Gasteiger partial charge in [0, 0.05) is 37.3 Å². The monoisotopic (exact) mass is 376 g/mol. The van der Waals surface area contributed by atoms with Crippen molar-refractivity contribution in [3.05, 3.63) is 71.8 Å². The molecule has 1 heterocycles. The van der Waals surface area contributed by atoms with Crippen LogP contribution in [0.5, 0.6) is 5.75 Å². The van der Waals surface area contributed by atoms with Gasteiger partial charge in [0.25, 0.3) is 0 Å². The minimum absolute atomic E-state index is 0.284. The second kappa shape index (κ2) is 7.90. The van der Waals surface area contributed by atoms with E-state index < -0.39 is 5.97 Å². The van der Waals surface area contributed by atoms with E-state index >= 15 is 0 Å². The van der Waals surface area contributed by atoms with E-state index in [9.17, 15) is 4.79 Å². The first-order valence-corrected chi connectivity index (χ1v) is 9.51. The molecule has 0 radical (unpaired) electrons. The van der Waals surface area contributed by atoms with E-state index in [0.29, 0.717) is 6.61 Å². The van der Waals surface area contributed by atoms with Crippen LogP contribution in [-0.4, -0.2) is 49.2 Å². The van der Waals surface area contributed by atoms with Gasteiger partial charge in [0.15, 0.2) is 0 Å². The molecule has 0 spiro atoms. The molecule has 1 aliphatic rings. The zero-order valence-electron chi connectivity index (χ0n) is 16.0. The lowest BCUT2D eigenvalue weighted by Gasteiger charge is -2.34. The first kappa shape index (κ1) is 18.3. The van der Waals surface area contributed by atoms with Gasteiger partial charge in [-0.05, 0) is 48.3 Å². The maximum absolute atomic E-state index is 11.0. The van der Waals surface area contributed by atoms with E-state index in [-0.39, 0.29) is 5.56 Å². The number of nitrogens with zero attached hydrogens (tertiary/aromatic N) is 2. The minimum atomic E-state index is -0.918. The molecule has 1 N–H and O–H groups in total. The molecule has 1 aliphatic heterocycles.